The second-order valence-corrected chi connectivity index (χ2v) is 5.82. The molecular weight excluding hydrogens is 264 g/mol. The average Bonchev–Trinajstić information content (AvgIpc) is 2.56. The summed E-state index contributed by atoms with van der Waals surface area (Å²) < 4.78 is 0. The Morgan fingerprint density at radius 3 is 2.27 bits per heavy atom. The van der Waals surface area contributed by atoms with Gasteiger partial charge in [0.2, 0.25) is 0 Å². The Morgan fingerprint density at radius 2 is 1.55 bits per heavy atom. The number of benzene rings is 1. The molecule has 0 N–H and O–H groups in total. The van der Waals surface area contributed by atoms with Crippen molar-refractivity contribution in [3.8, 4) is 23.7 Å². The van der Waals surface area contributed by atoms with Crippen LogP contribution in [0.5, 0.6) is 0 Å². The third-order valence-electron chi connectivity index (χ3n) is 3.69. The molecule has 0 bridgehead atoms. The molecule has 0 radical (unpaired) electrons. The Balaban J connectivity index is 2.52. The first kappa shape index (κ1) is 18.4. The molecule has 0 aliphatic carbocycles. The number of rotatable bonds is 8. The molecule has 0 nitrogen and oxygen atoms in total. The van der Waals surface area contributed by atoms with Gasteiger partial charge in [-0.05, 0) is 25.0 Å². The Kier molecular flexibility index (Phi) is 10.9. The maximum atomic E-state index is 3.40. The minimum Gasteiger partial charge on any atom is -0.102 e. The van der Waals surface area contributed by atoms with Crippen molar-refractivity contribution in [2.24, 2.45) is 5.92 Å². The van der Waals surface area contributed by atoms with Gasteiger partial charge in [-0.1, -0.05) is 88.3 Å². The Morgan fingerprint density at radius 1 is 0.818 bits per heavy atom. The number of hydrogen-bond donors (Lipinski definition) is 0. The molecule has 0 spiro atoms. The van der Waals surface area contributed by atoms with Crippen molar-refractivity contribution in [1.29, 1.82) is 0 Å². The lowest BCUT2D eigenvalue weighted by molar-refractivity contribution is 0.630. The van der Waals surface area contributed by atoms with E-state index in [0.717, 1.165) is 18.4 Å². The van der Waals surface area contributed by atoms with Gasteiger partial charge in [0.05, 0.1) is 5.92 Å². The molecule has 0 heterocycles. The van der Waals surface area contributed by atoms with Gasteiger partial charge in [-0.15, -0.1) is 5.92 Å². The van der Waals surface area contributed by atoms with Crippen molar-refractivity contribution in [3.05, 3.63) is 35.9 Å². The van der Waals surface area contributed by atoms with E-state index >= 15 is 0 Å². The predicted octanol–water partition coefficient (Wildman–Crippen LogP) is 6.21. The zero-order valence-corrected chi connectivity index (χ0v) is 14.3. The molecule has 1 atom stereocenters. The van der Waals surface area contributed by atoms with E-state index in [2.05, 4.69) is 49.7 Å². The van der Waals surface area contributed by atoms with Crippen molar-refractivity contribution in [3.63, 3.8) is 0 Å². The molecule has 1 aromatic carbocycles. The number of unbranched alkanes of at least 4 members (excludes halogenated alkanes) is 6. The SMILES string of the molecule is CCCCCCC#CC(C#Cc1ccccc1)CCCCC. The molecule has 1 rings (SSSR count). The van der Waals surface area contributed by atoms with Crippen molar-refractivity contribution in [2.75, 3.05) is 0 Å². The van der Waals surface area contributed by atoms with Gasteiger partial charge in [0.1, 0.15) is 0 Å². The summed E-state index contributed by atoms with van der Waals surface area (Å²) in [5.41, 5.74) is 1.09. The maximum absolute atomic E-state index is 3.40. The van der Waals surface area contributed by atoms with Gasteiger partial charge < -0.3 is 0 Å². The first-order valence-electron chi connectivity index (χ1n) is 8.91. The van der Waals surface area contributed by atoms with Gasteiger partial charge in [-0.3, -0.25) is 0 Å². The fraction of sp³-hybridized carbons (Fsp3) is 0.545. The van der Waals surface area contributed by atoms with Crippen LogP contribution in [-0.4, -0.2) is 0 Å². The molecule has 0 amide bonds. The summed E-state index contributed by atoms with van der Waals surface area (Å²) in [6.07, 6.45) is 11.0. The van der Waals surface area contributed by atoms with Crippen LogP contribution in [0.3, 0.4) is 0 Å². The summed E-state index contributed by atoms with van der Waals surface area (Å²) in [4.78, 5) is 0. The molecule has 118 valence electrons. The van der Waals surface area contributed by atoms with Gasteiger partial charge in [0, 0.05) is 12.0 Å². The highest BCUT2D eigenvalue weighted by Gasteiger charge is 2.00. The van der Waals surface area contributed by atoms with E-state index in [0.29, 0.717) is 0 Å². The smallest absolute Gasteiger partial charge is 0.0815 e. The molecule has 0 saturated heterocycles. The fourth-order valence-electron chi connectivity index (χ4n) is 2.31. The Bertz CT molecular complexity index is 490. The lowest BCUT2D eigenvalue weighted by Crippen LogP contribution is -1.94. The van der Waals surface area contributed by atoms with Crippen LogP contribution in [-0.2, 0) is 0 Å². The molecule has 1 unspecified atom stereocenters. The first-order valence-corrected chi connectivity index (χ1v) is 8.91. The maximum Gasteiger partial charge on any atom is 0.0815 e. The monoisotopic (exact) mass is 294 g/mol. The molecular formula is C22H30. The van der Waals surface area contributed by atoms with Crippen LogP contribution in [0.2, 0.25) is 0 Å². The highest BCUT2D eigenvalue weighted by molar-refractivity contribution is 5.35. The highest BCUT2D eigenvalue weighted by atomic mass is 14.0. The zero-order valence-electron chi connectivity index (χ0n) is 14.3. The largest absolute Gasteiger partial charge is 0.102 e. The average molecular weight is 294 g/mol. The van der Waals surface area contributed by atoms with Crippen LogP contribution < -0.4 is 0 Å². The molecule has 0 aliphatic rings. The highest BCUT2D eigenvalue weighted by Crippen LogP contribution is 2.09. The van der Waals surface area contributed by atoms with E-state index in [1.807, 2.05) is 18.2 Å². The third-order valence-corrected chi connectivity index (χ3v) is 3.69. The van der Waals surface area contributed by atoms with E-state index in [4.69, 9.17) is 0 Å². The van der Waals surface area contributed by atoms with Crippen LogP contribution in [0.15, 0.2) is 30.3 Å². The predicted molar refractivity (Wildman–Crippen MR) is 97.5 cm³/mol. The summed E-state index contributed by atoms with van der Waals surface area (Å²) in [6.45, 7) is 4.48. The Hall–Kier alpha value is -1.66. The van der Waals surface area contributed by atoms with Crippen molar-refractivity contribution >= 4 is 0 Å². The van der Waals surface area contributed by atoms with Crippen molar-refractivity contribution in [1.82, 2.24) is 0 Å². The van der Waals surface area contributed by atoms with Crippen LogP contribution in [0.1, 0.15) is 77.2 Å². The second-order valence-electron chi connectivity index (χ2n) is 5.82. The van der Waals surface area contributed by atoms with Crippen LogP contribution in [0.4, 0.5) is 0 Å². The zero-order chi connectivity index (χ0) is 15.9. The van der Waals surface area contributed by atoms with Gasteiger partial charge in [0.15, 0.2) is 0 Å². The summed E-state index contributed by atoms with van der Waals surface area (Å²) >= 11 is 0. The summed E-state index contributed by atoms with van der Waals surface area (Å²) in [6, 6.07) is 10.2. The van der Waals surface area contributed by atoms with E-state index < -0.39 is 0 Å². The summed E-state index contributed by atoms with van der Waals surface area (Å²) in [7, 11) is 0. The van der Waals surface area contributed by atoms with Crippen LogP contribution >= 0.6 is 0 Å². The van der Waals surface area contributed by atoms with Crippen LogP contribution in [0, 0.1) is 29.6 Å². The van der Waals surface area contributed by atoms with Gasteiger partial charge in [0.25, 0.3) is 0 Å². The minimum absolute atomic E-state index is 0.234. The van der Waals surface area contributed by atoms with Crippen molar-refractivity contribution in [2.45, 2.75) is 71.6 Å². The summed E-state index contributed by atoms with van der Waals surface area (Å²) in [5, 5.41) is 0. The fourth-order valence-corrected chi connectivity index (χ4v) is 2.31. The summed E-state index contributed by atoms with van der Waals surface area (Å²) in [5.74, 6) is 13.6. The molecule has 0 aliphatic heterocycles. The van der Waals surface area contributed by atoms with Gasteiger partial charge in [-0.25, -0.2) is 0 Å². The third kappa shape index (κ3) is 9.31. The minimum atomic E-state index is 0.234. The quantitative estimate of drug-likeness (QED) is 0.395. The van der Waals surface area contributed by atoms with E-state index in [-0.39, 0.29) is 5.92 Å². The molecule has 0 fully saturated rings. The molecule has 0 saturated carbocycles. The topological polar surface area (TPSA) is 0 Å². The normalized spacial score (nSPS) is 11.0. The lowest BCUT2D eigenvalue weighted by Gasteiger charge is -2.02. The standard InChI is InChI=1S/C22H30/c1-3-5-7-8-9-12-16-21(15-11-6-4-2)19-20-22-17-13-10-14-18-22/h10,13-14,17-18,21H,3-9,11,15H2,1-2H3. The Labute approximate surface area is 137 Å². The van der Waals surface area contributed by atoms with Gasteiger partial charge >= 0.3 is 0 Å². The van der Waals surface area contributed by atoms with E-state index in [1.54, 1.807) is 0 Å². The second kappa shape index (κ2) is 13.0. The molecule has 0 aromatic heterocycles. The van der Waals surface area contributed by atoms with Gasteiger partial charge in [-0.2, -0.15) is 0 Å². The molecule has 22 heavy (non-hydrogen) atoms. The first-order chi connectivity index (χ1) is 10.9. The van der Waals surface area contributed by atoms with Crippen molar-refractivity contribution < 1.29 is 0 Å². The number of hydrogen-bond acceptors (Lipinski definition) is 0. The molecule has 0 heteroatoms. The van der Waals surface area contributed by atoms with Crippen LogP contribution in [0.25, 0.3) is 0 Å². The lowest BCUT2D eigenvalue weighted by atomic mass is 10.0. The van der Waals surface area contributed by atoms with E-state index in [9.17, 15) is 0 Å². The molecule has 1 aromatic rings. The van der Waals surface area contributed by atoms with E-state index in [1.165, 1.54) is 44.9 Å².